The van der Waals surface area contributed by atoms with Crippen LogP contribution in [0.4, 0.5) is 0 Å². The zero-order chi connectivity index (χ0) is 10.1. The molecule has 1 fully saturated rings. The van der Waals surface area contributed by atoms with Crippen LogP contribution in [0.15, 0.2) is 0 Å². The monoisotopic (exact) mass is 208 g/mol. The highest BCUT2D eigenvalue weighted by Crippen LogP contribution is 2.33. The molecule has 0 saturated carbocycles. The molecule has 1 heterocycles. The van der Waals surface area contributed by atoms with Crippen LogP contribution in [-0.4, -0.2) is 44.2 Å². The Balaban J connectivity index is 2.70. The van der Waals surface area contributed by atoms with Gasteiger partial charge in [0, 0.05) is 0 Å². The molecule has 0 unspecified atom stereocenters. The third kappa shape index (κ3) is 1.83. The van der Waals surface area contributed by atoms with E-state index in [1.54, 1.807) is 6.92 Å². The van der Waals surface area contributed by atoms with Gasteiger partial charge in [-0.15, -0.1) is 0 Å². The van der Waals surface area contributed by atoms with Crippen molar-refractivity contribution in [3.63, 3.8) is 0 Å². The minimum atomic E-state index is -3.13. The van der Waals surface area contributed by atoms with Gasteiger partial charge in [0.1, 0.15) is 5.41 Å². The van der Waals surface area contributed by atoms with Crippen molar-refractivity contribution in [1.82, 2.24) is 0 Å². The number of carbonyl (C=O) groups excluding carboxylic acids is 1. The number of hydrogen-bond donors (Lipinski definition) is 1. The average Bonchev–Trinajstić information content (AvgIpc) is 1.99. The van der Waals surface area contributed by atoms with E-state index in [1.165, 1.54) is 0 Å². The summed E-state index contributed by atoms with van der Waals surface area (Å²) in [5.41, 5.74) is -1.19. The molecule has 1 N–H and O–H groups in total. The SMILES string of the molecule is CCOC(=O)C1(CO)CS(=O)(=O)C1. The van der Waals surface area contributed by atoms with Gasteiger partial charge in [0.15, 0.2) is 9.84 Å². The van der Waals surface area contributed by atoms with E-state index in [2.05, 4.69) is 4.74 Å². The standard InChI is InChI=1S/C7H12O5S/c1-2-12-6(9)7(3-8)4-13(10,11)5-7/h8H,2-5H2,1H3. The number of carbonyl (C=O) groups is 1. The smallest absolute Gasteiger partial charge is 0.316 e. The molecule has 1 saturated heterocycles. The Morgan fingerprint density at radius 2 is 2.08 bits per heavy atom. The molecule has 0 aromatic rings. The first-order chi connectivity index (χ1) is 5.96. The summed E-state index contributed by atoms with van der Waals surface area (Å²) in [5, 5.41) is 8.90. The Morgan fingerprint density at radius 3 is 2.38 bits per heavy atom. The van der Waals surface area contributed by atoms with Gasteiger partial charge in [-0.3, -0.25) is 4.79 Å². The molecule has 0 aromatic heterocycles. The predicted octanol–water partition coefficient (Wildman–Crippen LogP) is -1.04. The molecule has 1 aliphatic heterocycles. The molecule has 0 bridgehead atoms. The van der Waals surface area contributed by atoms with Crippen molar-refractivity contribution in [1.29, 1.82) is 0 Å². The summed E-state index contributed by atoms with van der Waals surface area (Å²) in [4.78, 5) is 11.2. The van der Waals surface area contributed by atoms with Gasteiger partial charge in [-0.1, -0.05) is 0 Å². The minimum absolute atomic E-state index is 0.195. The number of aliphatic hydroxyl groups excluding tert-OH is 1. The Bertz CT molecular complexity index is 293. The average molecular weight is 208 g/mol. The lowest BCUT2D eigenvalue weighted by atomic mass is 9.93. The molecule has 6 heteroatoms. The first-order valence-electron chi connectivity index (χ1n) is 3.94. The highest BCUT2D eigenvalue weighted by atomic mass is 32.2. The summed E-state index contributed by atoms with van der Waals surface area (Å²) in [6.45, 7) is 1.36. The van der Waals surface area contributed by atoms with Crippen LogP contribution in [0.1, 0.15) is 6.92 Å². The number of ether oxygens (including phenoxy) is 1. The number of rotatable bonds is 3. The lowest BCUT2D eigenvalue weighted by molar-refractivity contribution is -0.155. The minimum Gasteiger partial charge on any atom is -0.465 e. The van der Waals surface area contributed by atoms with E-state index in [-0.39, 0.29) is 18.1 Å². The fourth-order valence-electron chi connectivity index (χ4n) is 1.36. The summed E-state index contributed by atoms with van der Waals surface area (Å²) < 4.78 is 26.4. The van der Waals surface area contributed by atoms with Gasteiger partial charge < -0.3 is 9.84 Å². The highest BCUT2D eigenvalue weighted by molar-refractivity contribution is 7.93. The van der Waals surface area contributed by atoms with Crippen LogP contribution >= 0.6 is 0 Å². The first kappa shape index (κ1) is 10.5. The lowest BCUT2D eigenvalue weighted by Crippen LogP contribution is -2.56. The predicted molar refractivity (Wildman–Crippen MR) is 44.8 cm³/mol. The number of hydrogen-bond acceptors (Lipinski definition) is 5. The fraction of sp³-hybridized carbons (Fsp3) is 0.857. The summed E-state index contributed by atoms with van der Waals surface area (Å²) in [6.07, 6.45) is 0. The number of esters is 1. The maximum atomic E-state index is 11.2. The lowest BCUT2D eigenvalue weighted by Gasteiger charge is -2.36. The van der Waals surface area contributed by atoms with Gasteiger partial charge in [-0.05, 0) is 6.92 Å². The topological polar surface area (TPSA) is 80.7 Å². The Kier molecular flexibility index (Phi) is 2.63. The summed E-state index contributed by atoms with van der Waals surface area (Å²) in [5.74, 6) is -1.21. The Labute approximate surface area is 76.6 Å². The van der Waals surface area contributed by atoms with Gasteiger partial charge in [0.25, 0.3) is 0 Å². The van der Waals surface area contributed by atoms with Gasteiger partial charge >= 0.3 is 5.97 Å². The first-order valence-corrected chi connectivity index (χ1v) is 5.76. The largest absolute Gasteiger partial charge is 0.465 e. The molecule has 0 aliphatic carbocycles. The normalized spacial score (nSPS) is 23.2. The molecule has 0 atom stereocenters. The van der Waals surface area contributed by atoms with Crippen molar-refractivity contribution in [2.24, 2.45) is 5.41 Å². The molecule has 1 aliphatic rings. The van der Waals surface area contributed by atoms with Crippen LogP contribution < -0.4 is 0 Å². The highest BCUT2D eigenvalue weighted by Gasteiger charge is 2.55. The molecule has 0 radical (unpaired) electrons. The van der Waals surface area contributed by atoms with E-state index in [0.29, 0.717) is 0 Å². The van der Waals surface area contributed by atoms with Crippen LogP contribution in [-0.2, 0) is 19.4 Å². The second-order valence-corrected chi connectivity index (χ2v) is 5.26. The molecular formula is C7H12O5S. The van der Waals surface area contributed by atoms with Crippen LogP contribution in [0.25, 0.3) is 0 Å². The zero-order valence-corrected chi connectivity index (χ0v) is 8.13. The van der Waals surface area contributed by atoms with E-state index < -0.39 is 27.8 Å². The Morgan fingerprint density at radius 1 is 1.54 bits per heavy atom. The van der Waals surface area contributed by atoms with Gasteiger partial charge in [-0.2, -0.15) is 0 Å². The van der Waals surface area contributed by atoms with Crippen molar-refractivity contribution in [3.05, 3.63) is 0 Å². The molecule has 76 valence electrons. The quantitative estimate of drug-likeness (QED) is 0.599. The van der Waals surface area contributed by atoms with Gasteiger partial charge in [0.05, 0.1) is 24.7 Å². The summed E-state index contributed by atoms with van der Waals surface area (Å²) >= 11 is 0. The van der Waals surface area contributed by atoms with E-state index in [0.717, 1.165) is 0 Å². The molecule has 0 aromatic carbocycles. The molecule has 5 nitrogen and oxygen atoms in total. The second-order valence-electron chi connectivity index (χ2n) is 3.19. The van der Waals surface area contributed by atoms with Crippen molar-refractivity contribution in [3.8, 4) is 0 Å². The van der Waals surface area contributed by atoms with E-state index in [1.807, 2.05) is 0 Å². The van der Waals surface area contributed by atoms with E-state index in [4.69, 9.17) is 5.11 Å². The van der Waals surface area contributed by atoms with Crippen LogP contribution in [0, 0.1) is 5.41 Å². The third-order valence-corrected chi connectivity index (χ3v) is 3.99. The van der Waals surface area contributed by atoms with Crippen LogP contribution in [0.2, 0.25) is 0 Å². The second kappa shape index (κ2) is 3.26. The summed E-state index contributed by atoms with van der Waals surface area (Å²) in [7, 11) is -3.13. The molecule has 0 amide bonds. The number of sulfone groups is 1. The van der Waals surface area contributed by atoms with E-state index >= 15 is 0 Å². The van der Waals surface area contributed by atoms with Crippen molar-refractivity contribution < 1.29 is 23.1 Å². The van der Waals surface area contributed by atoms with Crippen LogP contribution in [0.3, 0.4) is 0 Å². The zero-order valence-electron chi connectivity index (χ0n) is 7.32. The fourth-order valence-corrected chi connectivity index (χ4v) is 3.38. The van der Waals surface area contributed by atoms with Crippen molar-refractivity contribution in [2.45, 2.75) is 6.92 Å². The molecule has 13 heavy (non-hydrogen) atoms. The van der Waals surface area contributed by atoms with Crippen molar-refractivity contribution >= 4 is 15.8 Å². The van der Waals surface area contributed by atoms with Crippen LogP contribution in [0.5, 0.6) is 0 Å². The maximum absolute atomic E-state index is 11.2. The molecule has 1 rings (SSSR count). The molecular weight excluding hydrogens is 196 g/mol. The molecule has 0 spiro atoms. The Hall–Kier alpha value is -0.620. The maximum Gasteiger partial charge on any atom is 0.316 e. The van der Waals surface area contributed by atoms with Crippen molar-refractivity contribution in [2.75, 3.05) is 24.7 Å². The van der Waals surface area contributed by atoms with E-state index in [9.17, 15) is 13.2 Å². The third-order valence-electron chi connectivity index (χ3n) is 2.00. The van der Waals surface area contributed by atoms with Gasteiger partial charge in [-0.25, -0.2) is 8.42 Å². The van der Waals surface area contributed by atoms with Gasteiger partial charge in [0.2, 0.25) is 0 Å². The number of aliphatic hydroxyl groups is 1. The summed E-state index contributed by atoms with van der Waals surface area (Å²) in [6, 6.07) is 0.